The average Bonchev–Trinajstić information content (AvgIpc) is 2.36. The van der Waals surface area contributed by atoms with Crippen molar-refractivity contribution in [3.8, 4) is 0 Å². The SMILES string of the molecule is CCCC1(C(=O)O)CCCN(C(=O)COCC)C1. The van der Waals surface area contributed by atoms with Crippen molar-refractivity contribution < 1.29 is 19.4 Å². The zero-order valence-electron chi connectivity index (χ0n) is 11.3. The van der Waals surface area contributed by atoms with Gasteiger partial charge in [0.25, 0.3) is 0 Å². The summed E-state index contributed by atoms with van der Waals surface area (Å²) in [7, 11) is 0. The Kier molecular flexibility index (Phi) is 5.59. The topological polar surface area (TPSA) is 66.8 Å². The molecule has 1 aliphatic rings. The Morgan fingerprint density at radius 3 is 2.67 bits per heavy atom. The predicted octanol–water partition coefficient (Wildman–Crippen LogP) is 1.52. The molecule has 0 aliphatic carbocycles. The fraction of sp³-hybridized carbons (Fsp3) is 0.846. The molecule has 5 nitrogen and oxygen atoms in total. The van der Waals surface area contributed by atoms with Crippen LogP contribution in [0.5, 0.6) is 0 Å². The monoisotopic (exact) mass is 257 g/mol. The van der Waals surface area contributed by atoms with E-state index < -0.39 is 11.4 Å². The van der Waals surface area contributed by atoms with Crippen LogP contribution in [-0.2, 0) is 14.3 Å². The van der Waals surface area contributed by atoms with Crippen molar-refractivity contribution in [1.82, 2.24) is 4.90 Å². The molecule has 1 atom stereocenters. The molecule has 0 spiro atoms. The van der Waals surface area contributed by atoms with Gasteiger partial charge in [0.05, 0.1) is 5.41 Å². The number of hydrogen-bond acceptors (Lipinski definition) is 3. The van der Waals surface area contributed by atoms with Crippen LogP contribution in [-0.4, -0.2) is 48.2 Å². The van der Waals surface area contributed by atoms with Crippen LogP contribution >= 0.6 is 0 Å². The lowest BCUT2D eigenvalue weighted by molar-refractivity contribution is -0.156. The van der Waals surface area contributed by atoms with E-state index in [0.29, 0.717) is 32.5 Å². The second-order valence-corrected chi connectivity index (χ2v) is 4.89. The van der Waals surface area contributed by atoms with Crippen LogP contribution in [0.2, 0.25) is 0 Å². The molecule has 5 heteroatoms. The molecular weight excluding hydrogens is 234 g/mol. The number of amides is 1. The van der Waals surface area contributed by atoms with Gasteiger partial charge in [-0.15, -0.1) is 0 Å². The highest BCUT2D eigenvalue weighted by molar-refractivity contribution is 5.80. The van der Waals surface area contributed by atoms with Gasteiger partial charge in [-0.25, -0.2) is 0 Å². The summed E-state index contributed by atoms with van der Waals surface area (Å²) in [5.74, 6) is -0.878. The van der Waals surface area contributed by atoms with Crippen molar-refractivity contribution in [1.29, 1.82) is 0 Å². The normalized spacial score (nSPS) is 24.0. The first kappa shape index (κ1) is 15.0. The Bertz CT molecular complexity index is 301. The van der Waals surface area contributed by atoms with E-state index in [1.54, 1.807) is 4.90 Å². The van der Waals surface area contributed by atoms with Crippen molar-refractivity contribution in [2.45, 2.75) is 39.5 Å². The van der Waals surface area contributed by atoms with E-state index >= 15 is 0 Å². The Hall–Kier alpha value is -1.10. The number of carbonyl (C=O) groups is 2. The quantitative estimate of drug-likeness (QED) is 0.783. The van der Waals surface area contributed by atoms with Gasteiger partial charge in [-0.05, 0) is 26.2 Å². The van der Waals surface area contributed by atoms with E-state index in [-0.39, 0.29) is 12.5 Å². The minimum Gasteiger partial charge on any atom is -0.481 e. The second-order valence-electron chi connectivity index (χ2n) is 4.89. The van der Waals surface area contributed by atoms with Crippen molar-refractivity contribution in [2.24, 2.45) is 5.41 Å². The van der Waals surface area contributed by atoms with Crippen LogP contribution in [0.25, 0.3) is 0 Å². The van der Waals surface area contributed by atoms with Gasteiger partial charge in [-0.1, -0.05) is 13.3 Å². The van der Waals surface area contributed by atoms with Crippen molar-refractivity contribution >= 4 is 11.9 Å². The number of nitrogens with zero attached hydrogens (tertiary/aromatic N) is 1. The minimum absolute atomic E-state index is 0.0539. The van der Waals surface area contributed by atoms with E-state index in [0.717, 1.165) is 12.8 Å². The fourth-order valence-electron chi connectivity index (χ4n) is 2.59. The maximum absolute atomic E-state index is 11.9. The molecule has 0 bridgehead atoms. The number of hydrogen-bond donors (Lipinski definition) is 1. The number of likely N-dealkylation sites (tertiary alicyclic amines) is 1. The number of ether oxygens (including phenoxy) is 1. The summed E-state index contributed by atoms with van der Waals surface area (Å²) in [5.41, 5.74) is -0.755. The predicted molar refractivity (Wildman–Crippen MR) is 67.3 cm³/mol. The lowest BCUT2D eigenvalue weighted by Gasteiger charge is -2.39. The zero-order valence-corrected chi connectivity index (χ0v) is 11.3. The van der Waals surface area contributed by atoms with Gasteiger partial charge >= 0.3 is 5.97 Å². The fourth-order valence-corrected chi connectivity index (χ4v) is 2.59. The molecule has 1 heterocycles. The molecule has 1 fully saturated rings. The molecule has 1 saturated heterocycles. The lowest BCUT2D eigenvalue weighted by Crippen LogP contribution is -2.50. The largest absolute Gasteiger partial charge is 0.481 e. The molecule has 0 saturated carbocycles. The summed E-state index contributed by atoms with van der Waals surface area (Å²) in [6.07, 6.45) is 2.86. The van der Waals surface area contributed by atoms with Crippen molar-refractivity contribution in [3.05, 3.63) is 0 Å². The van der Waals surface area contributed by atoms with Gasteiger partial charge in [0.1, 0.15) is 6.61 Å². The molecule has 1 rings (SSSR count). The number of rotatable bonds is 6. The van der Waals surface area contributed by atoms with Crippen LogP contribution in [0.3, 0.4) is 0 Å². The van der Waals surface area contributed by atoms with E-state index in [9.17, 15) is 14.7 Å². The summed E-state index contributed by atoms with van der Waals surface area (Å²) in [4.78, 5) is 25.0. The third-order valence-corrected chi connectivity index (χ3v) is 3.54. The smallest absolute Gasteiger partial charge is 0.311 e. The first-order valence-electron chi connectivity index (χ1n) is 6.64. The van der Waals surface area contributed by atoms with Gasteiger partial charge in [0, 0.05) is 19.7 Å². The van der Waals surface area contributed by atoms with Crippen LogP contribution in [0.1, 0.15) is 39.5 Å². The zero-order chi connectivity index (χ0) is 13.6. The summed E-state index contributed by atoms with van der Waals surface area (Å²) in [5, 5.41) is 9.43. The third kappa shape index (κ3) is 3.45. The summed E-state index contributed by atoms with van der Waals surface area (Å²) >= 11 is 0. The van der Waals surface area contributed by atoms with Crippen molar-refractivity contribution in [3.63, 3.8) is 0 Å². The molecular formula is C13H23NO4. The van der Waals surface area contributed by atoms with Gasteiger partial charge in [0.2, 0.25) is 5.91 Å². The Morgan fingerprint density at radius 2 is 2.11 bits per heavy atom. The molecule has 1 aliphatic heterocycles. The molecule has 1 amide bonds. The number of carboxylic acids is 1. The number of carboxylic acid groups (broad SMARTS) is 1. The first-order chi connectivity index (χ1) is 8.55. The summed E-state index contributed by atoms with van der Waals surface area (Å²) in [6, 6.07) is 0. The van der Waals surface area contributed by atoms with Crippen LogP contribution in [0.4, 0.5) is 0 Å². The molecule has 18 heavy (non-hydrogen) atoms. The second kappa shape index (κ2) is 6.73. The maximum atomic E-state index is 11.9. The van der Waals surface area contributed by atoms with E-state index in [1.807, 2.05) is 13.8 Å². The molecule has 0 radical (unpaired) electrons. The number of aliphatic carboxylic acids is 1. The molecule has 0 aromatic rings. The van der Waals surface area contributed by atoms with Crippen LogP contribution in [0.15, 0.2) is 0 Å². The van der Waals surface area contributed by atoms with Gasteiger partial charge in [0.15, 0.2) is 0 Å². The molecule has 0 aromatic heterocycles. The highest BCUT2D eigenvalue weighted by atomic mass is 16.5. The summed E-state index contributed by atoms with van der Waals surface area (Å²) < 4.78 is 5.10. The standard InChI is InChI=1S/C13H23NO4/c1-3-6-13(12(16)17)7-5-8-14(10-13)11(15)9-18-4-2/h3-10H2,1-2H3,(H,16,17). The van der Waals surface area contributed by atoms with Crippen LogP contribution in [0, 0.1) is 5.41 Å². The highest BCUT2D eigenvalue weighted by Gasteiger charge is 2.42. The summed E-state index contributed by atoms with van der Waals surface area (Å²) in [6.45, 7) is 5.33. The maximum Gasteiger partial charge on any atom is 0.311 e. The van der Waals surface area contributed by atoms with E-state index in [4.69, 9.17) is 4.74 Å². The number of carbonyl (C=O) groups excluding carboxylic acids is 1. The minimum atomic E-state index is -0.779. The van der Waals surface area contributed by atoms with Crippen LogP contribution < -0.4 is 0 Å². The Morgan fingerprint density at radius 1 is 1.39 bits per heavy atom. The third-order valence-electron chi connectivity index (χ3n) is 3.54. The van der Waals surface area contributed by atoms with E-state index in [2.05, 4.69) is 0 Å². The van der Waals surface area contributed by atoms with Gasteiger partial charge in [-0.2, -0.15) is 0 Å². The Labute approximate surface area is 108 Å². The lowest BCUT2D eigenvalue weighted by atomic mass is 9.76. The molecule has 0 aromatic carbocycles. The van der Waals surface area contributed by atoms with E-state index in [1.165, 1.54) is 0 Å². The number of piperidine rings is 1. The van der Waals surface area contributed by atoms with Gasteiger partial charge in [-0.3, -0.25) is 9.59 Å². The molecule has 1 N–H and O–H groups in total. The average molecular weight is 257 g/mol. The first-order valence-corrected chi connectivity index (χ1v) is 6.64. The molecule has 104 valence electrons. The van der Waals surface area contributed by atoms with Gasteiger partial charge < -0.3 is 14.7 Å². The van der Waals surface area contributed by atoms with Crippen molar-refractivity contribution in [2.75, 3.05) is 26.3 Å². The Balaban J connectivity index is 2.68. The highest BCUT2D eigenvalue weighted by Crippen LogP contribution is 2.35. The molecule has 1 unspecified atom stereocenters.